The van der Waals surface area contributed by atoms with Crippen LogP contribution in [0.5, 0.6) is 0 Å². The van der Waals surface area contributed by atoms with Crippen molar-refractivity contribution >= 4 is 17.4 Å². The van der Waals surface area contributed by atoms with Crippen molar-refractivity contribution < 1.29 is 14.0 Å². The molecule has 2 heterocycles. The highest BCUT2D eigenvalue weighted by Gasteiger charge is 2.41. The van der Waals surface area contributed by atoms with Crippen LogP contribution >= 0.6 is 0 Å². The molecule has 1 saturated heterocycles. The second kappa shape index (κ2) is 10.7. The topological polar surface area (TPSA) is 43.9 Å². The van der Waals surface area contributed by atoms with Gasteiger partial charge in [-0.15, -0.1) is 0 Å². The van der Waals surface area contributed by atoms with E-state index in [1.807, 2.05) is 4.90 Å². The summed E-state index contributed by atoms with van der Waals surface area (Å²) in [5.74, 6) is -0.788. The van der Waals surface area contributed by atoms with Gasteiger partial charge >= 0.3 is 0 Å². The van der Waals surface area contributed by atoms with Crippen molar-refractivity contribution in [2.45, 2.75) is 52.4 Å². The fourth-order valence-corrected chi connectivity index (χ4v) is 4.27. The minimum Gasteiger partial charge on any atom is -0.364 e. The monoisotopic (exact) mass is 415 g/mol. The van der Waals surface area contributed by atoms with Gasteiger partial charge in [-0.2, -0.15) is 0 Å². The predicted molar refractivity (Wildman–Crippen MR) is 117 cm³/mol. The average molecular weight is 416 g/mol. The predicted octanol–water partition coefficient (Wildman–Crippen LogP) is 3.90. The number of nitrogens with zero attached hydrogens (tertiary/aromatic N) is 3. The first-order chi connectivity index (χ1) is 14.6. The maximum atomic E-state index is 13.5. The molecule has 1 aromatic rings. The molecule has 30 heavy (non-hydrogen) atoms. The van der Waals surface area contributed by atoms with E-state index in [0.717, 1.165) is 52.0 Å². The highest BCUT2D eigenvalue weighted by atomic mass is 19.1. The fraction of sp³-hybridized carbons (Fsp3) is 0.583. The number of carbonyl (C=O) groups excluding carboxylic acids is 2. The smallest absolute Gasteiger partial charge is 0.277 e. The van der Waals surface area contributed by atoms with E-state index in [0.29, 0.717) is 23.4 Å². The van der Waals surface area contributed by atoms with Crippen LogP contribution in [-0.2, 0) is 9.59 Å². The van der Waals surface area contributed by atoms with E-state index >= 15 is 0 Å². The van der Waals surface area contributed by atoms with Crippen LogP contribution < -0.4 is 0 Å². The van der Waals surface area contributed by atoms with Crippen molar-refractivity contribution in [3.8, 4) is 0 Å². The van der Waals surface area contributed by atoms with E-state index in [-0.39, 0.29) is 17.6 Å². The number of unbranched alkanes of at least 4 members (excludes halogenated alkanes) is 5. The summed E-state index contributed by atoms with van der Waals surface area (Å²) in [4.78, 5) is 32.3. The molecular weight excluding hydrogens is 381 g/mol. The molecule has 2 aliphatic rings. The maximum absolute atomic E-state index is 13.5. The SMILES string of the molecule is CCCCCCCCN1C(=O)C(c2ccc(F)cc2)=C(N2CCN(CC)CC2)C1=O. The molecule has 0 aromatic heterocycles. The van der Waals surface area contributed by atoms with Crippen molar-refractivity contribution in [2.24, 2.45) is 0 Å². The van der Waals surface area contributed by atoms with Crippen LogP contribution in [0, 0.1) is 5.82 Å². The zero-order valence-electron chi connectivity index (χ0n) is 18.3. The number of piperazine rings is 1. The van der Waals surface area contributed by atoms with E-state index < -0.39 is 0 Å². The molecule has 3 rings (SSSR count). The standard InChI is InChI=1S/C24H34FN3O2/c1-3-5-6-7-8-9-14-28-23(29)21(19-10-12-20(25)13-11-19)22(24(28)30)27-17-15-26(4-2)16-18-27/h10-13H,3-9,14-18H2,1-2H3. The summed E-state index contributed by atoms with van der Waals surface area (Å²) in [6.45, 7) is 8.93. The Bertz CT molecular complexity index is 767. The first-order valence-corrected chi connectivity index (χ1v) is 11.4. The van der Waals surface area contributed by atoms with Gasteiger partial charge in [-0.25, -0.2) is 4.39 Å². The van der Waals surface area contributed by atoms with Crippen molar-refractivity contribution in [3.63, 3.8) is 0 Å². The van der Waals surface area contributed by atoms with Crippen molar-refractivity contribution in [1.82, 2.24) is 14.7 Å². The molecule has 0 saturated carbocycles. The van der Waals surface area contributed by atoms with Crippen LogP contribution in [0.4, 0.5) is 4.39 Å². The third-order valence-electron chi connectivity index (χ3n) is 6.15. The number of hydrogen-bond donors (Lipinski definition) is 0. The van der Waals surface area contributed by atoms with Crippen molar-refractivity contribution in [1.29, 1.82) is 0 Å². The number of likely N-dealkylation sites (N-methyl/N-ethyl adjacent to an activating group) is 1. The summed E-state index contributed by atoms with van der Waals surface area (Å²) >= 11 is 0. The fourth-order valence-electron chi connectivity index (χ4n) is 4.27. The van der Waals surface area contributed by atoms with Gasteiger partial charge < -0.3 is 9.80 Å². The third kappa shape index (κ3) is 5.09. The summed E-state index contributed by atoms with van der Waals surface area (Å²) < 4.78 is 13.5. The van der Waals surface area contributed by atoms with Gasteiger partial charge in [0.05, 0.1) is 5.57 Å². The van der Waals surface area contributed by atoms with Gasteiger partial charge in [-0.1, -0.05) is 58.1 Å². The Labute approximate surface area is 179 Å². The molecule has 0 bridgehead atoms. The molecule has 0 radical (unpaired) electrons. The van der Waals surface area contributed by atoms with Crippen LogP contribution in [0.2, 0.25) is 0 Å². The molecule has 6 heteroatoms. The molecule has 0 unspecified atom stereocenters. The number of imide groups is 1. The number of benzene rings is 1. The van der Waals surface area contributed by atoms with Crippen molar-refractivity contribution in [3.05, 3.63) is 41.3 Å². The minimum atomic E-state index is -0.349. The molecule has 0 spiro atoms. The Morgan fingerprint density at radius 1 is 0.833 bits per heavy atom. The normalized spacial score (nSPS) is 18.1. The number of amides is 2. The Kier molecular flexibility index (Phi) is 8.02. The van der Waals surface area contributed by atoms with Crippen LogP contribution in [0.3, 0.4) is 0 Å². The van der Waals surface area contributed by atoms with E-state index in [2.05, 4.69) is 18.7 Å². The van der Waals surface area contributed by atoms with E-state index in [1.54, 1.807) is 12.1 Å². The number of halogens is 1. The molecule has 164 valence electrons. The Hall–Kier alpha value is -2.21. The molecule has 5 nitrogen and oxygen atoms in total. The van der Waals surface area contributed by atoms with Gasteiger partial charge in [0.2, 0.25) is 0 Å². The molecule has 1 fully saturated rings. The summed E-state index contributed by atoms with van der Waals surface area (Å²) in [6, 6.07) is 5.91. The van der Waals surface area contributed by atoms with Gasteiger partial charge in [-0.05, 0) is 30.7 Å². The van der Waals surface area contributed by atoms with Gasteiger partial charge in [0, 0.05) is 32.7 Å². The summed E-state index contributed by atoms with van der Waals surface area (Å²) in [7, 11) is 0. The minimum absolute atomic E-state index is 0.196. The molecular formula is C24H34FN3O2. The second-order valence-electron chi connectivity index (χ2n) is 8.18. The third-order valence-corrected chi connectivity index (χ3v) is 6.15. The maximum Gasteiger partial charge on any atom is 0.277 e. The highest BCUT2D eigenvalue weighted by molar-refractivity contribution is 6.35. The van der Waals surface area contributed by atoms with E-state index in [1.165, 1.54) is 36.3 Å². The van der Waals surface area contributed by atoms with Crippen LogP contribution in [0.15, 0.2) is 30.0 Å². The van der Waals surface area contributed by atoms with Crippen LogP contribution in [0.25, 0.3) is 5.57 Å². The lowest BCUT2D eigenvalue weighted by Gasteiger charge is -2.36. The highest BCUT2D eigenvalue weighted by Crippen LogP contribution is 2.32. The lowest BCUT2D eigenvalue weighted by Crippen LogP contribution is -2.47. The largest absolute Gasteiger partial charge is 0.364 e. The summed E-state index contributed by atoms with van der Waals surface area (Å²) in [5, 5.41) is 0. The van der Waals surface area contributed by atoms with Gasteiger partial charge in [-0.3, -0.25) is 14.5 Å². The Morgan fingerprint density at radius 2 is 1.47 bits per heavy atom. The van der Waals surface area contributed by atoms with Crippen LogP contribution in [0.1, 0.15) is 57.9 Å². The van der Waals surface area contributed by atoms with Gasteiger partial charge in [0.25, 0.3) is 11.8 Å². The molecule has 0 aliphatic carbocycles. The first kappa shape index (κ1) is 22.5. The van der Waals surface area contributed by atoms with Gasteiger partial charge in [0.1, 0.15) is 11.5 Å². The second-order valence-corrected chi connectivity index (χ2v) is 8.18. The quantitative estimate of drug-likeness (QED) is 0.429. The van der Waals surface area contributed by atoms with E-state index in [9.17, 15) is 14.0 Å². The number of rotatable bonds is 10. The Balaban J connectivity index is 1.78. The summed E-state index contributed by atoms with van der Waals surface area (Å²) in [5.41, 5.74) is 1.54. The number of hydrogen-bond acceptors (Lipinski definition) is 4. The molecule has 2 aliphatic heterocycles. The summed E-state index contributed by atoms with van der Waals surface area (Å²) in [6.07, 6.45) is 6.61. The number of carbonyl (C=O) groups is 2. The zero-order chi connectivity index (χ0) is 21.5. The first-order valence-electron chi connectivity index (χ1n) is 11.4. The average Bonchev–Trinajstić information content (AvgIpc) is 3.01. The molecule has 0 N–H and O–H groups in total. The molecule has 2 amide bonds. The Morgan fingerprint density at radius 3 is 2.10 bits per heavy atom. The zero-order valence-corrected chi connectivity index (χ0v) is 18.3. The van der Waals surface area contributed by atoms with E-state index in [4.69, 9.17) is 0 Å². The van der Waals surface area contributed by atoms with Gasteiger partial charge in [0.15, 0.2) is 0 Å². The van der Waals surface area contributed by atoms with Crippen LogP contribution in [-0.4, -0.2) is 65.8 Å². The molecule has 0 atom stereocenters. The van der Waals surface area contributed by atoms with Crippen molar-refractivity contribution in [2.75, 3.05) is 39.3 Å². The molecule has 1 aromatic carbocycles. The lowest BCUT2D eigenvalue weighted by atomic mass is 10.0. The lowest BCUT2D eigenvalue weighted by molar-refractivity contribution is -0.137.